The fourth-order valence-corrected chi connectivity index (χ4v) is 9.23. The molecule has 1 N–H and O–H groups in total. The summed E-state index contributed by atoms with van der Waals surface area (Å²) in [6.07, 6.45) is -4.51. The van der Waals surface area contributed by atoms with E-state index in [2.05, 4.69) is 5.32 Å². The largest absolute Gasteiger partial charge is 0.447 e. The standard InChI is InChI=1S/C19H25F3N4O5S/c20-19(21,22)16-5-18(6-16,7-16)32(29,30)26-3-1-15(2-4-26)8-24(9-15)14(28)25-10-17(11-25)12-31-13(27)23-17/h1-12H2,(H,23,27). The van der Waals surface area contributed by atoms with E-state index in [4.69, 9.17) is 4.74 Å². The molecule has 7 fully saturated rings. The number of cyclic esters (lactones) is 1. The Labute approximate surface area is 183 Å². The monoisotopic (exact) mass is 478 g/mol. The lowest BCUT2D eigenvalue weighted by Gasteiger charge is -2.69. The summed E-state index contributed by atoms with van der Waals surface area (Å²) in [5.74, 6) is 0. The van der Waals surface area contributed by atoms with E-state index in [1.165, 1.54) is 4.31 Å². The number of hydrogen-bond donors (Lipinski definition) is 1. The number of likely N-dealkylation sites (tertiary alicyclic amines) is 2. The summed E-state index contributed by atoms with van der Waals surface area (Å²) in [4.78, 5) is 27.3. The van der Waals surface area contributed by atoms with Crippen molar-refractivity contribution in [3.05, 3.63) is 0 Å². The van der Waals surface area contributed by atoms with Gasteiger partial charge in [0.25, 0.3) is 0 Å². The van der Waals surface area contributed by atoms with E-state index in [1.54, 1.807) is 9.80 Å². The first-order chi connectivity index (χ1) is 14.8. The lowest BCUT2D eigenvalue weighted by Crippen LogP contribution is -2.77. The third-order valence-corrected chi connectivity index (χ3v) is 11.3. The summed E-state index contributed by atoms with van der Waals surface area (Å²) in [5.41, 5.74) is -2.38. The Morgan fingerprint density at radius 3 is 2.06 bits per heavy atom. The van der Waals surface area contributed by atoms with Crippen LogP contribution in [0.1, 0.15) is 32.1 Å². The molecule has 0 aromatic carbocycles. The molecule has 2 spiro atoms. The lowest BCUT2D eigenvalue weighted by atomic mass is 9.43. The average Bonchev–Trinajstić information content (AvgIpc) is 2.96. The summed E-state index contributed by atoms with van der Waals surface area (Å²) in [6.45, 7) is 2.77. The van der Waals surface area contributed by atoms with Crippen LogP contribution < -0.4 is 5.32 Å². The summed E-state index contributed by atoms with van der Waals surface area (Å²) >= 11 is 0. The van der Waals surface area contributed by atoms with E-state index >= 15 is 0 Å². The molecule has 9 nitrogen and oxygen atoms in total. The van der Waals surface area contributed by atoms with Gasteiger partial charge in [0.2, 0.25) is 10.0 Å². The number of piperidine rings is 1. The van der Waals surface area contributed by atoms with Gasteiger partial charge in [-0.1, -0.05) is 0 Å². The zero-order valence-corrected chi connectivity index (χ0v) is 18.2. The van der Waals surface area contributed by atoms with Crippen molar-refractivity contribution in [1.82, 2.24) is 19.4 Å². The van der Waals surface area contributed by atoms with Crippen molar-refractivity contribution in [3.8, 4) is 0 Å². The van der Waals surface area contributed by atoms with Crippen LogP contribution in [0.4, 0.5) is 22.8 Å². The number of rotatable bonds is 2. The second-order valence-corrected chi connectivity index (χ2v) is 13.2. The molecule has 7 rings (SSSR count). The number of halogens is 3. The molecule has 0 aromatic heterocycles. The van der Waals surface area contributed by atoms with Crippen molar-refractivity contribution in [2.45, 2.75) is 48.6 Å². The topological polar surface area (TPSA) is 99.3 Å². The lowest BCUT2D eigenvalue weighted by molar-refractivity contribution is -0.315. The van der Waals surface area contributed by atoms with Crippen LogP contribution in [-0.2, 0) is 14.8 Å². The molecule has 0 aromatic rings. The fourth-order valence-electron chi connectivity index (χ4n) is 6.64. The fraction of sp³-hybridized carbons (Fsp3) is 0.895. The number of urea groups is 1. The Morgan fingerprint density at radius 1 is 1.00 bits per heavy atom. The minimum atomic E-state index is -4.33. The van der Waals surface area contributed by atoms with Crippen LogP contribution in [0.15, 0.2) is 0 Å². The number of alkyl carbamates (subject to hydrolysis) is 1. The van der Waals surface area contributed by atoms with Crippen molar-refractivity contribution in [2.75, 3.05) is 45.9 Å². The highest BCUT2D eigenvalue weighted by Gasteiger charge is 2.83. The van der Waals surface area contributed by atoms with Crippen molar-refractivity contribution in [1.29, 1.82) is 0 Å². The van der Waals surface area contributed by atoms with Crippen LogP contribution in [-0.4, -0.2) is 97.0 Å². The molecule has 178 valence electrons. The number of ether oxygens (including phenoxy) is 1. The van der Waals surface area contributed by atoms with Crippen molar-refractivity contribution in [2.24, 2.45) is 10.8 Å². The molecule has 0 atom stereocenters. The van der Waals surface area contributed by atoms with Gasteiger partial charge in [-0.25, -0.2) is 22.3 Å². The first kappa shape index (κ1) is 20.8. The molecule has 4 saturated heterocycles. The van der Waals surface area contributed by atoms with Crippen LogP contribution >= 0.6 is 0 Å². The SMILES string of the molecule is O=C1NC2(CO1)CN(C(=O)N1CC3(CCN(S(=O)(=O)C45CC(C(F)(F)F)(C4)C5)CC3)C1)C2. The molecule has 2 bridgehead atoms. The molecule has 7 aliphatic rings. The van der Waals surface area contributed by atoms with Gasteiger partial charge in [-0.15, -0.1) is 0 Å². The van der Waals surface area contributed by atoms with Crippen molar-refractivity contribution < 1.29 is 35.9 Å². The molecular weight excluding hydrogens is 453 g/mol. The van der Waals surface area contributed by atoms with E-state index < -0.39 is 38.0 Å². The molecular formula is C19H25F3N4O5S. The van der Waals surface area contributed by atoms with Gasteiger partial charge in [0, 0.05) is 31.6 Å². The van der Waals surface area contributed by atoms with Crippen LogP contribution in [0.5, 0.6) is 0 Å². The van der Waals surface area contributed by atoms with Gasteiger partial charge in [0.05, 0.1) is 23.3 Å². The number of carbonyl (C=O) groups is 2. The van der Waals surface area contributed by atoms with Crippen LogP contribution in [0.3, 0.4) is 0 Å². The van der Waals surface area contributed by atoms with Gasteiger partial charge in [-0.2, -0.15) is 13.2 Å². The van der Waals surface area contributed by atoms with Crippen molar-refractivity contribution >= 4 is 22.1 Å². The highest BCUT2D eigenvalue weighted by Crippen LogP contribution is 2.76. The molecule has 0 unspecified atom stereocenters. The normalized spacial score (nSPS) is 37.2. The van der Waals surface area contributed by atoms with E-state index in [0.717, 1.165) is 0 Å². The van der Waals surface area contributed by atoms with Crippen LogP contribution in [0.25, 0.3) is 0 Å². The maximum atomic E-state index is 13.1. The maximum absolute atomic E-state index is 13.1. The van der Waals surface area contributed by atoms with Gasteiger partial charge in [-0.05, 0) is 32.1 Å². The molecule has 4 heterocycles. The van der Waals surface area contributed by atoms with E-state index in [1.807, 2.05) is 0 Å². The number of amides is 3. The van der Waals surface area contributed by atoms with E-state index in [0.29, 0.717) is 52.1 Å². The summed E-state index contributed by atoms with van der Waals surface area (Å²) in [5, 5.41) is 2.74. The number of nitrogens with one attached hydrogen (secondary N) is 1. The van der Waals surface area contributed by atoms with Crippen molar-refractivity contribution in [3.63, 3.8) is 0 Å². The second kappa shape index (κ2) is 5.83. The number of carbonyl (C=O) groups excluding carboxylic acids is 2. The molecule has 3 saturated carbocycles. The molecule has 32 heavy (non-hydrogen) atoms. The Balaban J connectivity index is 1.00. The first-order valence-corrected chi connectivity index (χ1v) is 12.3. The Morgan fingerprint density at radius 2 is 1.56 bits per heavy atom. The van der Waals surface area contributed by atoms with E-state index in [9.17, 15) is 31.2 Å². The Hall–Kier alpha value is -1.76. The van der Waals surface area contributed by atoms with Gasteiger partial charge < -0.3 is 19.9 Å². The number of hydrogen-bond acceptors (Lipinski definition) is 5. The number of nitrogens with zero attached hydrogens (tertiary/aromatic N) is 3. The average molecular weight is 478 g/mol. The minimum absolute atomic E-state index is 0.0937. The predicted molar refractivity (Wildman–Crippen MR) is 103 cm³/mol. The Bertz CT molecular complexity index is 973. The quantitative estimate of drug-likeness (QED) is 0.641. The van der Waals surface area contributed by atoms with Gasteiger partial charge in [0.1, 0.15) is 12.1 Å². The smallest absolute Gasteiger partial charge is 0.407 e. The number of sulfonamides is 1. The molecule has 13 heteroatoms. The zero-order valence-electron chi connectivity index (χ0n) is 17.4. The third-order valence-electron chi connectivity index (χ3n) is 8.68. The highest BCUT2D eigenvalue weighted by molar-refractivity contribution is 7.90. The van der Waals surface area contributed by atoms with Gasteiger partial charge in [-0.3, -0.25) is 0 Å². The van der Waals surface area contributed by atoms with Crippen LogP contribution in [0.2, 0.25) is 0 Å². The third kappa shape index (κ3) is 2.52. The molecule has 0 radical (unpaired) electrons. The summed E-state index contributed by atoms with van der Waals surface area (Å²) < 4.78 is 70.4. The second-order valence-electron chi connectivity index (χ2n) is 10.9. The zero-order chi connectivity index (χ0) is 22.8. The molecule has 3 aliphatic carbocycles. The number of alkyl halides is 3. The first-order valence-electron chi connectivity index (χ1n) is 10.9. The molecule has 4 aliphatic heterocycles. The Kier molecular flexibility index (Phi) is 3.79. The maximum Gasteiger partial charge on any atom is 0.407 e. The summed E-state index contributed by atoms with van der Waals surface area (Å²) in [6, 6.07) is -0.0937. The van der Waals surface area contributed by atoms with Crippen LogP contribution in [0, 0.1) is 10.8 Å². The molecule has 3 amide bonds. The predicted octanol–water partition coefficient (Wildman–Crippen LogP) is 1.11. The minimum Gasteiger partial charge on any atom is -0.447 e. The van der Waals surface area contributed by atoms with Gasteiger partial charge >= 0.3 is 18.3 Å². The highest BCUT2D eigenvalue weighted by atomic mass is 32.2. The summed E-state index contributed by atoms with van der Waals surface area (Å²) in [7, 11) is -3.75. The van der Waals surface area contributed by atoms with Gasteiger partial charge in [0.15, 0.2) is 0 Å². The van der Waals surface area contributed by atoms with E-state index in [-0.39, 0.29) is 37.3 Å².